The topological polar surface area (TPSA) is 318 Å². The summed E-state index contributed by atoms with van der Waals surface area (Å²) in [6.45, 7) is 0.106. The van der Waals surface area contributed by atoms with Gasteiger partial charge in [0.2, 0.25) is 17.7 Å². The smallest absolute Gasteiger partial charge is 0.326 e. The van der Waals surface area contributed by atoms with Crippen LogP contribution in [-0.2, 0) is 35.2 Å². The second-order valence-corrected chi connectivity index (χ2v) is 8.72. The molecule has 222 valence electrons. The summed E-state index contributed by atoms with van der Waals surface area (Å²) in [5, 5.41) is 34.2. The lowest BCUT2D eigenvalue weighted by atomic mass is 10.1. The third kappa shape index (κ3) is 13.2. The van der Waals surface area contributed by atoms with E-state index < -0.39 is 72.6 Å². The number of guanidine groups is 1. The van der Waals surface area contributed by atoms with Gasteiger partial charge >= 0.3 is 17.9 Å². The van der Waals surface area contributed by atoms with Gasteiger partial charge in [-0.3, -0.25) is 29.0 Å². The van der Waals surface area contributed by atoms with Gasteiger partial charge in [-0.05, 0) is 25.7 Å². The van der Waals surface area contributed by atoms with E-state index in [1.54, 1.807) is 0 Å². The summed E-state index contributed by atoms with van der Waals surface area (Å²) in [6.07, 6.45) is 1.25. The Bertz CT molecular complexity index is 1060. The number of nitrogens with two attached hydrogens (primary N) is 3. The molecule has 3 amide bonds. The number of aliphatic carboxylic acids is 3. The lowest BCUT2D eigenvalue weighted by Crippen LogP contribution is -2.57. The van der Waals surface area contributed by atoms with Crippen LogP contribution >= 0.6 is 0 Å². The molecule has 0 saturated heterocycles. The first-order valence-corrected chi connectivity index (χ1v) is 12.2. The van der Waals surface area contributed by atoms with Gasteiger partial charge in [0.05, 0.1) is 12.4 Å². The van der Waals surface area contributed by atoms with E-state index in [0.717, 1.165) is 0 Å². The van der Waals surface area contributed by atoms with Crippen LogP contribution in [0, 0.1) is 0 Å². The minimum absolute atomic E-state index is 0.00520. The van der Waals surface area contributed by atoms with Crippen molar-refractivity contribution >= 4 is 41.6 Å². The van der Waals surface area contributed by atoms with Crippen molar-refractivity contribution in [1.29, 1.82) is 0 Å². The van der Waals surface area contributed by atoms with Crippen molar-refractivity contribution in [2.75, 3.05) is 6.54 Å². The molecule has 0 fully saturated rings. The van der Waals surface area contributed by atoms with Crippen LogP contribution in [0.4, 0.5) is 0 Å². The van der Waals surface area contributed by atoms with Crippen molar-refractivity contribution < 1.29 is 44.1 Å². The van der Waals surface area contributed by atoms with Crippen LogP contribution in [0.1, 0.15) is 44.2 Å². The second-order valence-electron chi connectivity index (χ2n) is 8.72. The van der Waals surface area contributed by atoms with Gasteiger partial charge in [-0.1, -0.05) is 0 Å². The molecule has 0 aromatic carbocycles. The maximum absolute atomic E-state index is 13.2. The number of hydrogen-bond acceptors (Lipinski definition) is 9. The number of amides is 3. The Morgan fingerprint density at radius 3 is 1.98 bits per heavy atom. The maximum Gasteiger partial charge on any atom is 0.326 e. The Balaban J connectivity index is 3.10. The van der Waals surface area contributed by atoms with Crippen LogP contribution in [0.3, 0.4) is 0 Å². The normalized spacial score (nSPS) is 13.6. The average Bonchev–Trinajstić information content (AvgIpc) is 3.38. The number of aromatic nitrogens is 2. The molecule has 0 saturated carbocycles. The number of aromatic amines is 1. The molecule has 18 nitrogen and oxygen atoms in total. The zero-order valence-corrected chi connectivity index (χ0v) is 21.5. The Kier molecular flexibility index (Phi) is 14.1. The number of carboxylic acid groups (broad SMARTS) is 3. The first kappa shape index (κ1) is 33.3. The van der Waals surface area contributed by atoms with Crippen LogP contribution < -0.4 is 33.2 Å². The van der Waals surface area contributed by atoms with Crippen molar-refractivity contribution in [2.24, 2.45) is 22.2 Å². The minimum atomic E-state index is -1.55. The molecule has 18 heteroatoms. The van der Waals surface area contributed by atoms with Gasteiger partial charge in [-0.15, -0.1) is 0 Å². The Labute approximate surface area is 228 Å². The van der Waals surface area contributed by atoms with Crippen molar-refractivity contribution in [3.05, 3.63) is 18.2 Å². The molecule has 0 spiro atoms. The third-order valence-corrected chi connectivity index (χ3v) is 5.46. The number of carboxylic acids is 3. The summed E-state index contributed by atoms with van der Waals surface area (Å²) in [5.74, 6) is -6.65. The van der Waals surface area contributed by atoms with Gasteiger partial charge in [-0.2, -0.15) is 0 Å². The van der Waals surface area contributed by atoms with Crippen LogP contribution in [0.15, 0.2) is 17.5 Å². The summed E-state index contributed by atoms with van der Waals surface area (Å²) in [4.78, 5) is 82.4. The molecular formula is C22H35N9O9. The standard InChI is InChI=1S/C22H35N9O9/c23-12(3-5-16(32)33)18(36)29-13(2-1-7-27-22(24)25)19(37)31-15(8-11-9-26-10-28-11)20(38)30-14(21(39)40)4-6-17(34)35/h9-10,12-15H,1-8,23H2,(H,26,28)(H,29,36)(H,30,38)(H,31,37)(H,32,33)(H,34,35)(H,39,40)(H4,24,25,27). The van der Waals surface area contributed by atoms with Gasteiger partial charge < -0.3 is 53.5 Å². The fourth-order valence-corrected chi connectivity index (χ4v) is 3.36. The quantitative estimate of drug-likeness (QED) is 0.0441. The van der Waals surface area contributed by atoms with E-state index in [0.29, 0.717) is 5.69 Å². The summed E-state index contributed by atoms with van der Waals surface area (Å²) < 4.78 is 0. The predicted octanol–water partition coefficient (Wildman–Crippen LogP) is -3.40. The minimum Gasteiger partial charge on any atom is -0.481 e. The van der Waals surface area contributed by atoms with Crippen LogP contribution in [0.5, 0.6) is 0 Å². The molecule has 0 aliphatic rings. The monoisotopic (exact) mass is 569 g/mol. The maximum atomic E-state index is 13.2. The molecule has 0 aliphatic heterocycles. The molecule has 1 heterocycles. The molecule has 4 atom stereocenters. The molecule has 1 aromatic rings. The van der Waals surface area contributed by atoms with E-state index in [1.807, 2.05) is 0 Å². The van der Waals surface area contributed by atoms with E-state index in [1.165, 1.54) is 12.5 Å². The van der Waals surface area contributed by atoms with E-state index in [4.69, 9.17) is 27.4 Å². The number of H-pyrrole nitrogens is 1. The largest absolute Gasteiger partial charge is 0.481 e. The number of aliphatic imine (C=N–C) groups is 1. The van der Waals surface area contributed by atoms with Crippen LogP contribution in [0.25, 0.3) is 0 Å². The zero-order chi connectivity index (χ0) is 30.2. The fraction of sp³-hybridized carbons (Fsp3) is 0.545. The zero-order valence-electron chi connectivity index (χ0n) is 21.5. The average molecular weight is 570 g/mol. The number of nitrogens with one attached hydrogen (secondary N) is 4. The number of carbonyl (C=O) groups excluding carboxylic acids is 3. The van der Waals surface area contributed by atoms with Gasteiger partial charge in [0.25, 0.3) is 0 Å². The van der Waals surface area contributed by atoms with Crippen LogP contribution in [0.2, 0.25) is 0 Å². The summed E-state index contributed by atoms with van der Waals surface area (Å²) in [7, 11) is 0. The first-order valence-electron chi connectivity index (χ1n) is 12.2. The molecule has 1 rings (SSSR count). The molecule has 40 heavy (non-hydrogen) atoms. The van der Waals surface area contributed by atoms with E-state index >= 15 is 0 Å². The number of rotatable bonds is 19. The van der Waals surface area contributed by atoms with E-state index in [9.17, 15) is 33.9 Å². The Hall–Kier alpha value is -4.74. The molecule has 0 bridgehead atoms. The predicted molar refractivity (Wildman–Crippen MR) is 137 cm³/mol. The van der Waals surface area contributed by atoms with Crippen molar-refractivity contribution in [1.82, 2.24) is 25.9 Å². The molecular weight excluding hydrogens is 534 g/mol. The SMILES string of the molecule is NC(N)=NCCCC(NC(=O)C(N)CCC(=O)O)C(=O)NC(Cc1cnc[nH]1)C(=O)NC(CCC(=O)O)C(=O)O. The number of imidazole rings is 1. The second kappa shape index (κ2) is 17.0. The number of carbonyl (C=O) groups is 6. The van der Waals surface area contributed by atoms with Gasteiger partial charge in [0, 0.05) is 37.7 Å². The summed E-state index contributed by atoms with van der Waals surface area (Å²) >= 11 is 0. The van der Waals surface area contributed by atoms with Gasteiger partial charge in [-0.25, -0.2) is 9.78 Å². The molecule has 1 aromatic heterocycles. The summed E-state index contributed by atoms with van der Waals surface area (Å²) in [6, 6.07) is -5.40. The fourth-order valence-electron chi connectivity index (χ4n) is 3.36. The highest BCUT2D eigenvalue weighted by Gasteiger charge is 2.31. The van der Waals surface area contributed by atoms with Crippen molar-refractivity contribution in [3.8, 4) is 0 Å². The first-order chi connectivity index (χ1) is 18.8. The molecule has 13 N–H and O–H groups in total. The Morgan fingerprint density at radius 1 is 0.850 bits per heavy atom. The lowest BCUT2D eigenvalue weighted by Gasteiger charge is -2.25. The van der Waals surface area contributed by atoms with Crippen molar-refractivity contribution in [3.63, 3.8) is 0 Å². The highest BCUT2D eigenvalue weighted by molar-refractivity contribution is 5.94. The van der Waals surface area contributed by atoms with Gasteiger partial charge in [0.1, 0.15) is 18.1 Å². The third-order valence-electron chi connectivity index (χ3n) is 5.46. The van der Waals surface area contributed by atoms with Crippen molar-refractivity contribution in [2.45, 2.75) is 69.1 Å². The molecule has 0 aliphatic carbocycles. The summed E-state index contributed by atoms with van der Waals surface area (Å²) in [5.41, 5.74) is 16.7. The van der Waals surface area contributed by atoms with E-state index in [-0.39, 0.29) is 44.6 Å². The highest BCUT2D eigenvalue weighted by Crippen LogP contribution is 2.06. The van der Waals surface area contributed by atoms with Crippen LogP contribution in [-0.4, -0.2) is 97.6 Å². The Morgan fingerprint density at radius 2 is 1.43 bits per heavy atom. The lowest BCUT2D eigenvalue weighted by molar-refractivity contribution is -0.143. The molecule has 0 radical (unpaired) electrons. The number of nitrogens with zero attached hydrogens (tertiary/aromatic N) is 2. The van der Waals surface area contributed by atoms with E-state index in [2.05, 4.69) is 30.9 Å². The molecule has 4 unspecified atom stereocenters. The van der Waals surface area contributed by atoms with Gasteiger partial charge in [0.15, 0.2) is 5.96 Å². The highest BCUT2D eigenvalue weighted by atomic mass is 16.4. The number of hydrogen-bond donors (Lipinski definition) is 10.